The van der Waals surface area contributed by atoms with Crippen molar-refractivity contribution in [3.05, 3.63) is 18.1 Å². The van der Waals surface area contributed by atoms with Gasteiger partial charge in [-0.2, -0.15) is 0 Å². The SMILES string of the molecule is CCCCC1[CH]/C1=C\COCCN. The summed E-state index contributed by atoms with van der Waals surface area (Å²) in [6, 6.07) is 0. The van der Waals surface area contributed by atoms with E-state index in [2.05, 4.69) is 19.4 Å². The van der Waals surface area contributed by atoms with Gasteiger partial charge in [0.2, 0.25) is 0 Å². The Morgan fingerprint density at radius 1 is 1.62 bits per heavy atom. The highest BCUT2D eigenvalue weighted by Gasteiger charge is 2.28. The maximum atomic E-state index is 5.30. The Labute approximate surface area is 81.1 Å². The summed E-state index contributed by atoms with van der Waals surface area (Å²) >= 11 is 0. The Kier molecular flexibility index (Phi) is 5.09. The zero-order chi connectivity index (χ0) is 9.52. The van der Waals surface area contributed by atoms with Crippen molar-refractivity contribution < 1.29 is 4.74 Å². The molecule has 13 heavy (non-hydrogen) atoms. The second kappa shape index (κ2) is 6.17. The standard InChI is InChI=1S/C11H20NO/c1-2-3-4-10-9-11(10)5-7-13-8-6-12/h5,9-10H,2-4,6-8,12H2,1H3/b11-5+. The molecule has 1 radical (unpaired) electrons. The van der Waals surface area contributed by atoms with Crippen molar-refractivity contribution >= 4 is 0 Å². The lowest BCUT2D eigenvalue weighted by molar-refractivity contribution is 0.170. The third-order valence-electron chi connectivity index (χ3n) is 2.28. The highest BCUT2D eigenvalue weighted by Crippen LogP contribution is 2.39. The summed E-state index contributed by atoms with van der Waals surface area (Å²) < 4.78 is 5.27. The third kappa shape index (κ3) is 4.44. The van der Waals surface area contributed by atoms with Gasteiger partial charge in [-0.05, 0) is 18.8 Å². The molecule has 1 saturated carbocycles. The zero-order valence-corrected chi connectivity index (χ0v) is 8.46. The van der Waals surface area contributed by atoms with E-state index in [1.54, 1.807) is 0 Å². The van der Waals surface area contributed by atoms with Gasteiger partial charge in [0.25, 0.3) is 0 Å². The molecule has 1 aliphatic rings. The molecule has 75 valence electrons. The summed E-state index contributed by atoms with van der Waals surface area (Å²) in [6.07, 6.45) is 8.44. The fraction of sp³-hybridized carbons (Fsp3) is 0.727. The molecule has 1 aliphatic carbocycles. The van der Waals surface area contributed by atoms with Crippen LogP contribution in [0, 0.1) is 12.3 Å². The van der Waals surface area contributed by atoms with Gasteiger partial charge in [-0.15, -0.1) is 0 Å². The van der Waals surface area contributed by atoms with Crippen molar-refractivity contribution in [2.45, 2.75) is 26.2 Å². The lowest BCUT2D eigenvalue weighted by Crippen LogP contribution is -2.07. The Morgan fingerprint density at radius 3 is 3.15 bits per heavy atom. The molecule has 1 atom stereocenters. The summed E-state index contributed by atoms with van der Waals surface area (Å²) in [5.74, 6) is 0.765. The third-order valence-corrected chi connectivity index (χ3v) is 2.28. The van der Waals surface area contributed by atoms with Gasteiger partial charge in [-0.3, -0.25) is 0 Å². The van der Waals surface area contributed by atoms with Crippen LogP contribution < -0.4 is 5.73 Å². The molecule has 2 N–H and O–H groups in total. The largest absolute Gasteiger partial charge is 0.376 e. The number of allylic oxidation sites excluding steroid dienone is 1. The fourth-order valence-electron chi connectivity index (χ4n) is 1.40. The Morgan fingerprint density at radius 2 is 2.46 bits per heavy atom. The Hall–Kier alpha value is -0.340. The maximum Gasteiger partial charge on any atom is 0.0650 e. The summed E-state index contributed by atoms with van der Waals surface area (Å²) in [5, 5.41) is 0. The first-order valence-electron chi connectivity index (χ1n) is 5.21. The highest BCUT2D eigenvalue weighted by molar-refractivity contribution is 5.38. The van der Waals surface area contributed by atoms with Gasteiger partial charge in [0.05, 0.1) is 13.2 Å². The van der Waals surface area contributed by atoms with E-state index in [0.717, 1.165) is 12.5 Å². The number of unbranched alkanes of at least 4 members (excludes halogenated alkanes) is 1. The molecule has 2 nitrogen and oxygen atoms in total. The van der Waals surface area contributed by atoms with Crippen LogP contribution in [-0.4, -0.2) is 19.8 Å². The van der Waals surface area contributed by atoms with Crippen LogP contribution in [0.1, 0.15) is 26.2 Å². The van der Waals surface area contributed by atoms with Crippen LogP contribution in [0.3, 0.4) is 0 Å². The molecule has 0 aromatic heterocycles. The maximum absolute atomic E-state index is 5.30. The van der Waals surface area contributed by atoms with Gasteiger partial charge in [-0.1, -0.05) is 31.4 Å². The molecule has 0 aromatic rings. The summed E-state index contributed by atoms with van der Waals surface area (Å²) in [6.45, 7) is 4.25. The summed E-state index contributed by atoms with van der Waals surface area (Å²) in [4.78, 5) is 0. The first-order chi connectivity index (χ1) is 6.38. The Balaban J connectivity index is 1.98. The molecular weight excluding hydrogens is 162 g/mol. The lowest BCUT2D eigenvalue weighted by Gasteiger charge is -1.95. The van der Waals surface area contributed by atoms with Crippen LogP contribution in [-0.2, 0) is 4.74 Å². The molecule has 0 amide bonds. The topological polar surface area (TPSA) is 35.2 Å². The number of hydrogen-bond acceptors (Lipinski definition) is 2. The van der Waals surface area contributed by atoms with Gasteiger partial charge in [-0.25, -0.2) is 0 Å². The monoisotopic (exact) mass is 182 g/mol. The molecular formula is C11H20NO. The fourth-order valence-corrected chi connectivity index (χ4v) is 1.40. The van der Waals surface area contributed by atoms with Crippen LogP contribution in [0.4, 0.5) is 0 Å². The van der Waals surface area contributed by atoms with Crippen LogP contribution in [0.2, 0.25) is 0 Å². The van der Waals surface area contributed by atoms with Gasteiger partial charge in [0, 0.05) is 6.54 Å². The highest BCUT2D eigenvalue weighted by atomic mass is 16.5. The van der Waals surface area contributed by atoms with Crippen molar-refractivity contribution in [1.29, 1.82) is 0 Å². The van der Waals surface area contributed by atoms with Crippen molar-refractivity contribution in [1.82, 2.24) is 0 Å². The van der Waals surface area contributed by atoms with E-state index in [0.29, 0.717) is 13.2 Å². The molecule has 0 heterocycles. The number of ether oxygens (including phenoxy) is 1. The minimum atomic E-state index is 0.617. The second-order valence-electron chi connectivity index (χ2n) is 3.48. The second-order valence-corrected chi connectivity index (χ2v) is 3.48. The van der Waals surface area contributed by atoms with Crippen LogP contribution >= 0.6 is 0 Å². The molecule has 2 heteroatoms. The van der Waals surface area contributed by atoms with Gasteiger partial charge in [0.1, 0.15) is 0 Å². The molecule has 1 unspecified atom stereocenters. The van der Waals surface area contributed by atoms with E-state index in [4.69, 9.17) is 10.5 Å². The van der Waals surface area contributed by atoms with Crippen LogP contribution in [0.25, 0.3) is 0 Å². The van der Waals surface area contributed by atoms with Gasteiger partial charge < -0.3 is 10.5 Å². The van der Waals surface area contributed by atoms with Crippen molar-refractivity contribution in [3.63, 3.8) is 0 Å². The molecule has 0 aliphatic heterocycles. The average molecular weight is 182 g/mol. The van der Waals surface area contributed by atoms with Crippen LogP contribution in [0.15, 0.2) is 11.6 Å². The quantitative estimate of drug-likeness (QED) is 0.610. The van der Waals surface area contributed by atoms with E-state index < -0.39 is 0 Å². The lowest BCUT2D eigenvalue weighted by atomic mass is 10.2. The first kappa shape index (κ1) is 10.7. The molecule has 0 bridgehead atoms. The van der Waals surface area contributed by atoms with Gasteiger partial charge >= 0.3 is 0 Å². The van der Waals surface area contributed by atoms with Crippen molar-refractivity contribution in [2.24, 2.45) is 11.7 Å². The summed E-state index contributed by atoms with van der Waals surface area (Å²) in [5.41, 5.74) is 6.78. The smallest absolute Gasteiger partial charge is 0.0650 e. The van der Waals surface area contributed by atoms with E-state index in [1.165, 1.54) is 24.8 Å². The minimum Gasteiger partial charge on any atom is -0.376 e. The van der Waals surface area contributed by atoms with E-state index >= 15 is 0 Å². The number of hydrogen-bond donors (Lipinski definition) is 1. The number of nitrogens with two attached hydrogens (primary N) is 1. The van der Waals surface area contributed by atoms with Gasteiger partial charge in [0.15, 0.2) is 0 Å². The van der Waals surface area contributed by atoms with Crippen LogP contribution in [0.5, 0.6) is 0 Å². The minimum absolute atomic E-state index is 0.617. The van der Waals surface area contributed by atoms with E-state index in [1.807, 2.05) is 0 Å². The first-order valence-corrected chi connectivity index (χ1v) is 5.21. The normalized spacial score (nSPS) is 23.8. The summed E-state index contributed by atoms with van der Waals surface area (Å²) in [7, 11) is 0. The molecule has 0 saturated heterocycles. The molecule has 0 spiro atoms. The predicted molar refractivity (Wildman–Crippen MR) is 55.3 cm³/mol. The predicted octanol–water partition coefficient (Wildman–Crippen LogP) is 1.91. The molecule has 1 fully saturated rings. The van der Waals surface area contributed by atoms with E-state index in [9.17, 15) is 0 Å². The van der Waals surface area contributed by atoms with Crippen molar-refractivity contribution in [2.75, 3.05) is 19.8 Å². The number of rotatable bonds is 7. The molecule has 1 rings (SSSR count). The Bertz CT molecular complexity index is 165. The molecule has 0 aromatic carbocycles. The van der Waals surface area contributed by atoms with E-state index in [-0.39, 0.29) is 0 Å². The van der Waals surface area contributed by atoms with Crippen molar-refractivity contribution in [3.8, 4) is 0 Å². The zero-order valence-electron chi connectivity index (χ0n) is 8.46. The average Bonchev–Trinajstić information content (AvgIpc) is 2.88.